The molecule has 0 saturated carbocycles. The first kappa shape index (κ1) is 26.9. The summed E-state index contributed by atoms with van der Waals surface area (Å²) in [7, 11) is -1.20. The van der Waals surface area contributed by atoms with Gasteiger partial charge in [0.25, 0.3) is 10.0 Å². The summed E-state index contributed by atoms with van der Waals surface area (Å²) in [4.78, 5) is 13.1. The standard InChI is InChI=1S/C27H32N2O6S/c1-6-35-22-14-12-21(13-15-22)29(36(31,32)26-17-19(2)11-16-25(26)34-5)18-27(30)28-20(3)23-9-7-8-10-24(23)33-4/h7-17,20H,6,18H2,1-5H3,(H,28,30)/t20-/m1/s1. The highest BCUT2D eigenvalue weighted by molar-refractivity contribution is 7.93. The van der Waals surface area contributed by atoms with Gasteiger partial charge < -0.3 is 19.5 Å². The fourth-order valence-electron chi connectivity index (χ4n) is 3.81. The van der Waals surface area contributed by atoms with Crippen molar-refractivity contribution in [3.63, 3.8) is 0 Å². The number of benzene rings is 3. The van der Waals surface area contributed by atoms with Gasteiger partial charge in [-0.05, 0) is 68.8 Å². The molecular formula is C27H32N2O6S. The number of hydrogen-bond donors (Lipinski definition) is 1. The van der Waals surface area contributed by atoms with Crippen LogP contribution in [0.2, 0.25) is 0 Å². The summed E-state index contributed by atoms with van der Waals surface area (Å²) in [5.74, 6) is 0.948. The van der Waals surface area contributed by atoms with Crippen LogP contribution in [0.1, 0.15) is 31.0 Å². The van der Waals surface area contributed by atoms with Crippen LogP contribution in [0, 0.1) is 6.92 Å². The van der Waals surface area contributed by atoms with E-state index < -0.39 is 28.5 Å². The summed E-state index contributed by atoms with van der Waals surface area (Å²) in [5.41, 5.74) is 1.85. The van der Waals surface area contributed by atoms with Gasteiger partial charge in [0, 0.05) is 5.56 Å². The molecule has 8 nitrogen and oxygen atoms in total. The first-order chi connectivity index (χ1) is 17.2. The van der Waals surface area contributed by atoms with E-state index in [4.69, 9.17) is 14.2 Å². The minimum absolute atomic E-state index is 0.0236. The van der Waals surface area contributed by atoms with E-state index in [1.807, 2.05) is 32.0 Å². The second kappa shape index (κ2) is 11.8. The number of nitrogens with zero attached hydrogens (tertiary/aromatic N) is 1. The van der Waals surface area contributed by atoms with E-state index in [2.05, 4.69) is 5.32 Å². The minimum atomic E-state index is -4.17. The van der Waals surface area contributed by atoms with E-state index in [0.29, 0.717) is 23.8 Å². The van der Waals surface area contributed by atoms with Gasteiger partial charge >= 0.3 is 0 Å². The number of amides is 1. The van der Waals surface area contributed by atoms with Crippen LogP contribution >= 0.6 is 0 Å². The zero-order valence-electron chi connectivity index (χ0n) is 21.1. The number of sulfonamides is 1. The van der Waals surface area contributed by atoms with Crippen molar-refractivity contribution in [1.29, 1.82) is 0 Å². The molecule has 0 bridgehead atoms. The second-order valence-corrected chi connectivity index (χ2v) is 9.95. The molecule has 0 aliphatic rings. The Morgan fingerprint density at radius 3 is 2.28 bits per heavy atom. The van der Waals surface area contributed by atoms with Crippen LogP contribution in [0.15, 0.2) is 71.6 Å². The molecule has 1 atom stereocenters. The van der Waals surface area contributed by atoms with Crippen LogP contribution < -0.4 is 23.8 Å². The molecule has 0 heterocycles. The molecule has 9 heteroatoms. The predicted octanol–water partition coefficient (Wildman–Crippen LogP) is 4.48. The number of nitrogens with one attached hydrogen (secondary N) is 1. The molecule has 0 aliphatic carbocycles. The van der Waals surface area contributed by atoms with E-state index in [1.54, 1.807) is 56.5 Å². The van der Waals surface area contributed by atoms with Crippen molar-refractivity contribution in [2.75, 3.05) is 31.7 Å². The van der Waals surface area contributed by atoms with Gasteiger partial charge in [-0.3, -0.25) is 9.10 Å². The lowest BCUT2D eigenvalue weighted by molar-refractivity contribution is -0.120. The van der Waals surface area contributed by atoms with Crippen LogP contribution in [0.25, 0.3) is 0 Å². The highest BCUT2D eigenvalue weighted by atomic mass is 32.2. The molecule has 0 aliphatic heterocycles. The maximum absolute atomic E-state index is 13.9. The lowest BCUT2D eigenvalue weighted by atomic mass is 10.1. The van der Waals surface area contributed by atoms with Crippen molar-refractivity contribution in [2.24, 2.45) is 0 Å². The van der Waals surface area contributed by atoms with E-state index >= 15 is 0 Å². The summed E-state index contributed by atoms with van der Waals surface area (Å²) in [6, 6.07) is 18.4. The largest absolute Gasteiger partial charge is 0.496 e. The van der Waals surface area contributed by atoms with Crippen molar-refractivity contribution < 1.29 is 27.4 Å². The summed E-state index contributed by atoms with van der Waals surface area (Å²) in [6.45, 7) is 5.51. The third-order valence-electron chi connectivity index (χ3n) is 5.59. The molecule has 3 aromatic carbocycles. The average molecular weight is 513 g/mol. The van der Waals surface area contributed by atoms with E-state index in [1.165, 1.54) is 13.2 Å². The van der Waals surface area contributed by atoms with Gasteiger partial charge in [0.2, 0.25) is 5.91 Å². The molecule has 0 saturated heterocycles. The Hall–Kier alpha value is -3.72. The van der Waals surface area contributed by atoms with Crippen molar-refractivity contribution >= 4 is 21.6 Å². The summed E-state index contributed by atoms with van der Waals surface area (Å²) in [6.07, 6.45) is 0. The summed E-state index contributed by atoms with van der Waals surface area (Å²) in [5, 5.41) is 2.89. The average Bonchev–Trinajstić information content (AvgIpc) is 2.87. The first-order valence-electron chi connectivity index (χ1n) is 11.5. The van der Waals surface area contributed by atoms with Gasteiger partial charge in [0.05, 0.1) is 32.6 Å². The van der Waals surface area contributed by atoms with E-state index in [0.717, 1.165) is 15.4 Å². The van der Waals surface area contributed by atoms with E-state index in [-0.39, 0.29) is 10.6 Å². The smallest absolute Gasteiger partial charge is 0.268 e. The molecule has 0 unspecified atom stereocenters. The zero-order chi connectivity index (χ0) is 26.3. The molecule has 1 amide bonds. The van der Waals surface area contributed by atoms with Crippen LogP contribution in [0.4, 0.5) is 5.69 Å². The Balaban J connectivity index is 1.97. The summed E-state index contributed by atoms with van der Waals surface area (Å²) >= 11 is 0. The SMILES string of the molecule is CCOc1ccc(N(CC(=O)N[C@H](C)c2ccccc2OC)S(=O)(=O)c2cc(C)ccc2OC)cc1. The fraction of sp³-hybridized carbons (Fsp3) is 0.296. The molecule has 0 spiro atoms. The van der Waals surface area contributed by atoms with Crippen LogP contribution in [-0.2, 0) is 14.8 Å². The number of para-hydroxylation sites is 1. The normalized spacial score (nSPS) is 11.9. The Morgan fingerprint density at radius 2 is 1.64 bits per heavy atom. The highest BCUT2D eigenvalue weighted by Crippen LogP contribution is 2.32. The van der Waals surface area contributed by atoms with Gasteiger partial charge in [0.1, 0.15) is 28.7 Å². The number of ether oxygens (including phenoxy) is 3. The zero-order valence-corrected chi connectivity index (χ0v) is 22.0. The number of rotatable bonds is 11. The van der Waals surface area contributed by atoms with Gasteiger partial charge in [0.15, 0.2) is 0 Å². The lowest BCUT2D eigenvalue weighted by Crippen LogP contribution is -2.41. The number of anilines is 1. The third kappa shape index (κ3) is 6.09. The van der Waals surface area contributed by atoms with Gasteiger partial charge in [-0.2, -0.15) is 0 Å². The van der Waals surface area contributed by atoms with Gasteiger partial charge in [-0.25, -0.2) is 8.42 Å². The quantitative estimate of drug-likeness (QED) is 0.407. The Labute approximate surface area is 212 Å². The molecule has 0 aromatic heterocycles. The van der Waals surface area contributed by atoms with Crippen LogP contribution in [0.3, 0.4) is 0 Å². The molecular weight excluding hydrogens is 480 g/mol. The van der Waals surface area contributed by atoms with Crippen molar-refractivity contribution in [3.8, 4) is 17.2 Å². The molecule has 0 radical (unpaired) electrons. The predicted molar refractivity (Wildman–Crippen MR) is 139 cm³/mol. The highest BCUT2D eigenvalue weighted by Gasteiger charge is 2.31. The Kier molecular flexibility index (Phi) is 8.82. The monoisotopic (exact) mass is 512 g/mol. The number of aryl methyl sites for hydroxylation is 1. The number of carbonyl (C=O) groups excluding carboxylic acids is 1. The van der Waals surface area contributed by atoms with Gasteiger partial charge in [-0.1, -0.05) is 24.3 Å². The lowest BCUT2D eigenvalue weighted by Gasteiger charge is -2.26. The molecule has 36 heavy (non-hydrogen) atoms. The van der Waals surface area contributed by atoms with Crippen molar-refractivity contribution in [3.05, 3.63) is 77.9 Å². The van der Waals surface area contributed by atoms with Crippen molar-refractivity contribution in [1.82, 2.24) is 5.32 Å². The molecule has 3 rings (SSSR count). The topological polar surface area (TPSA) is 94.2 Å². The molecule has 3 aromatic rings. The molecule has 1 N–H and O–H groups in total. The van der Waals surface area contributed by atoms with Crippen molar-refractivity contribution in [2.45, 2.75) is 31.7 Å². The Morgan fingerprint density at radius 1 is 0.972 bits per heavy atom. The summed E-state index contributed by atoms with van der Waals surface area (Å²) < 4.78 is 45.1. The Bertz CT molecular complexity index is 1290. The first-order valence-corrected chi connectivity index (χ1v) is 13.0. The number of methoxy groups -OCH3 is 2. The minimum Gasteiger partial charge on any atom is -0.496 e. The third-order valence-corrected chi connectivity index (χ3v) is 7.39. The molecule has 0 fully saturated rings. The maximum Gasteiger partial charge on any atom is 0.268 e. The maximum atomic E-state index is 13.9. The molecule has 192 valence electrons. The van der Waals surface area contributed by atoms with E-state index in [9.17, 15) is 13.2 Å². The van der Waals surface area contributed by atoms with Gasteiger partial charge in [-0.15, -0.1) is 0 Å². The van der Waals surface area contributed by atoms with Crippen LogP contribution in [0.5, 0.6) is 17.2 Å². The second-order valence-electron chi connectivity index (χ2n) is 8.12. The number of carbonyl (C=O) groups is 1. The fourth-order valence-corrected chi connectivity index (χ4v) is 5.48. The number of hydrogen-bond acceptors (Lipinski definition) is 6. The van der Waals surface area contributed by atoms with Crippen LogP contribution in [-0.4, -0.2) is 41.7 Å².